The predicted molar refractivity (Wildman–Crippen MR) is 114 cm³/mol. The van der Waals surface area contributed by atoms with E-state index >= 15 is 0 Å². The van der Waals surface area contributed by atoms with Crippen LogP contribution in [0.4, 0.5) is 18.0 Å². The maximum absolute atomic E-state index is 12.6. The van der Waals surface area contributed by atoms with Gasteiger partial charge in [0.1, 0.15) is 17.6 Å². The second-order valence-corrected chi connectivity index (χ2v) is 8.74. The summed E-state index contributed by atoms with van der Waals surface area (Å²) in [6.45, 7) is 3.36. The van der Waals surface area contributed by atoms with E-state index < -0.39 is 12.5 Å². The van der Waals surface area contributed by atoms with E-state index in [1.807, 2.05) is 6.07 Å². The van der Waals surface area contributed by atoms with Crippen molar-refractivity contribution < 1.29 is 32.2 Å². The lowest BCUT2D eigenvalue weighted by Gasteiger charge is -2.44. The Hall–Kier alpha value is -2.94. The third-order valence-corrected chi connectivity index (χ3v) is 6.60. The van der Waals surface area contributed by atoms with Gasteiger partial charge in [0.05, 0.1) is 12.6 Å². The van der Waals surface area contributed by atoms with Gasteiger partial charge in [-0.2, -0.15) is 0 Å². The van der Waals surface area contributed by atoms with Gasteiger partial charge in [-0.25, -0.2) is 4.79 Å². The Morgan fingerprint density at radius 1 is 1.06 bits per heavy atom. The molecule has 9 heteroatoms. The Balaban J connectivity index is 1.28. The standard InChI is InChI=1S/C24H25F3N2O4/c25-24(26,27)33-18-3-1-2-16(12-18)17-4-5-19-20(8-11-31-21(19)13-17)28-23(30)32-22-14-29-9-6-15(22)7-10-29/h1-5,12-13,15,20,22H,6-11,14H2,(H,28,30)/t20?,22-/m0/s1. The number of piperidine rings is 3. The van der Waals surface area contributed by atoms with Crippen molar-refractivity contribution in [3.63, 3.8) is 0 Å². The number of alkyl halides is 3. The molecular formula is C24H25F3N2O4. The molecule has 4 heterocycles. The van der Waals surface area contributed by atoms with Gasteiger partial charge < -0.3 is 19.5 Å². The molecule has 1 N–H and O–H groups in total. The highest BCUT2D eigenvalue weighted by Gasteiger charge is 2.37. The zero-order valence-electron chi connectivity index (χ0n) is 17.9. The molecule has 2 aromatic rings. The van der Waals surface area contributed by atoms with Crippen molar-refractivity contribution in [3.8, 4) is 22.6 Å². The van der Waals surface area contributed by atoms with Gasteiger partial charge in [0.25, 0.3) is 0 Å². The van der Waals surface area contributed by atoms with Crippen molar-refractivity contribution in [2.45, 2.75) is 37.8 Å². The van der Waals surface area contributed by atoms with Crippen molar-refractivity contribution in [1.29, 1.82) is 0 Å². The smallest absolute Gasteiger partial charge is 0.493 e. The Morgan fingerprint density at radius 2 is 1.85 bits per heavy atom. The Bertz CT molecular complexity index is 1020. The molecule has 4 aliphatic heterocycles. The largest absolute Gasteiger partial charge is 0.573 e. The van der Waals surface area contributed by atoms with Crippen LogP contribution in [0, 0.1) is 5.92 Å². The van der Waals surface area contributed by atoms with Crippen molar-refractivity contribution in [3.05, 3.63) is 48.0 Å². The fraction of sp³-hybridized carbons (Fsp3) is 0.458. The van der Waals surface area contributed by atoms with Crippen LogP contribution in [0.3, 0.4) is 0 Å². The molecule has 1 amide bonds. The van der Waals surface area contributed by atoms with Crippen LogP contribution in [0.25, 0.3) is 11.1 Å². The SMILES string of the molecule is O=C(NC1CCOc2cc(-c3cccc(OC(F)(F)F)c3)ccc21)O[C@H]1CN2CCC1CC2. The van der Waals surface area contributed by atoms with Crippen LogP contribution in [-0.4, -0.2) is 49.7 Å². The molecule has 2 aromatic carbocycles. The van der Waals surface area contributed by atoms with Gasteiger partial charge in [0, 0.05) is 18.5 Å². The summed E-state index contributed by atoms with van der Waals surface area (Å²) in [5.41, 5.74) is 2.08. The monoisotopic (exact) mass is 462 g/mol. The number of halogens is 3. The van der Waals surface area contributed by atoms with Crippen LogP contribution in [0.5, 0.6) is 11.5 Å². The minimum Gasteiger partial charge on any atom is -0.493 e. The van der Waals surface area contributed by atoms with Crippen LogP contribution >= 0.6 is 0 Å². The molecule has 176 valence electrons. The van der Waals surface area contributed by atoms with E-state index in [0.29, 0.717) is 35.8 Å². The number of hydrogen-bond acceptors (Lipinski definition) is 5. The number of nitrogens with one attached hydrogen (secondary N) is 1. The molecule has 0 aromatic heterocycles. The zero-order valence-corrected chi connectivity index (χ0v) is 17.9. The summed E-state index contributed by atoms with van der Waals surface area (Å²) in [6.07, 6.45) is -2.50. The van der Waals surface area contributed by atoms with Crippen LogP contribution in [0.2, 0.25) is 0 Å². The summed E-state index contributed by atoms with van der Waals surface area (Å²) in [5, 5.41) is 2.97. The summed E-state index contributed by atoms with van der Waals surface area (Å²) >= 11 is 0. The molecule has 0 radical (unpaired) electrons. The number of alkyl carbamates (subject to hydrolysis) is 1. The fourth-order valence-electron chi connectivity index (χ4n) is 4.95. The molecule has 6 nitrogen and oxygen atoms in total. The minimum absolute atomic E-state index is 0.0691. The number of hydrogen-bond donors (Lipinski definition) is 1. The number of carbonyl (C=O) groups is 1. The van der Waals surface area contributed by atoms with Crippen molar-refractivity contribution in [2.24, 2.45) is 5.92 Å². The van der Waals surface area contributed by atoms with E-state index in [4.69, 9.17) is 9.47 Å². The molecule has 0 spiro atoms. The molecule has 3 saturated heterocycles. The molecule has 4 aliphatic rings. The lowest BCUT2D eigenvalue weighted by Crippen LogP contribution is -2.52. The highest BCUT2D eigenvalue weighted by Crippen LogP contribution is 2.37. The first kappa shape index (κ1) is 21.9. The summed E-state index contributed by atoms with van der Waals surface area (Å²) in [4.78, 5) is 14.9. The molecule has 3 fully saturated rings. The molecule has 6 rings (SSSR count). The normalized spacial score (nSPS) is 26.2. The summed E-state index contributed by atoms with van der Waals surface area (Å²) in [6, 6.07) is 10.9. The van der Waals surface area contributed by atoms with Crippen molar-refractivity contribution in [2.75, 3.05) is 26.2 Å². The van der Waals surface area contributed by atoms with Gasteiger partial charge in [-0.05, 0) is 61.2 Å². The number of fused-ring (bicyclic) bond motifs is 4. The van der Waals surface area contributed by atoms with Gasteiger partial charge in [-0.3, -0.25) is 4.90 Å². The van der Waals surface area contributed by atoms with Crippen LogP contribution < -0.4 is 14.8 Å². The maximum Gasteiger partial charge on any atom is 0.573 e. The number of ether oxygens (including phenoxy) is 3. The van der Waals surface area contributed by atoms with E-state index in [9.17, 15) is 18.0 Å². The summed E-state index contributed by atoms with van der Waals surface area (Å²) in [7, 11) is 0. The topological polar surface area (TPSA) is 60.0 Å². The molecule has 2 atom stereocenters. The first-order valence-electron chi connectivity index (χ1n) is 11.2. The molecule has 2 bridgehead atoms. The number of carbonyl (C=O) groups excluding carboxylic acids is 1. The Kier molecular flexibility index (Phi) is 5.82. The molecule has 33 heavy (non-hydrogen) atoms. The first-order valence-corrected chi connectivity index (χ1v) is 11.2. The van der Waals surface area contributed by atoms with Gasteiger partial charge in [-0.1, -0.05) is 24.3 Å². The Labute approximate surface area is 189 Å². The van der Waals surface area contributed by atoms with Crippen LogP contribution in [0.1, 0.15) is 30.9 Å². The minimum atomic E-state index is -4.75. The number of amides is 1. The van der Waals surface area contributed by atoms with E-state index in [1.54, 1.807) is 18.2 Å². The number of rotatable bonds is 4. The van der Waals surface area contributed by atoms with E-state index in [1.165, 1.54) is 18.2 Å². The zero-order chi connectivity index (χ0) is 23.0. The quantitative estimate of drug-likeness (QED) is 0.701. The average Bonchev–Trinajstić information content (AvgIpc) is 2.79. The summed E-state index contributed by atoms with van der Waals surface area (Å²) in [5.74, 6) is 0.741. The van der Waals surface area contributed by atoms with Crippen LogP contribution in [-0.2, 0) is 4.74 Å². The van der Waals surface area contributed by atoms with Crippen molar-refractivity contribution in [1.82, 2.24) is 10.2 Å². The number of benzene rings is 2. The van der Waals surface area contributed by atoms with E-state index in [0.717, 1.165) is 38.0 Å². The number of nitrogens with zero attached hydrogens (tertiary/aromatic N) is 1. The third kappa shape index (κ3) is 5.03. The molecule has 0 saturated carbocycles. The lowest BCUT2D eigenvalue weighted by atomic mass is 9.86. The van der Waals surface area contributed by atoms with Crippen LogP contribution in [0.15, 0.2) is 42.5 Å². The highest BCUT2D eigenvalue weighted by atomic mass is 19.4. The fourth-order valence-corrected chi connectivity index (χ4v) is 4.95. The predicted octanol–water partition coefficient (Wildman–Crippen LogP) is 4.90. The average molecular weight is 462 g/mol. The highest BCUT2D eigenvalue weighted by molar-refractivity contribution is 5.70. The molecular weight excluding hydrogens is 437 g/mol. The first-order chi connectivity index (χ1) is 15.8. The van der Waals surface area contributed by atoms with E-state index in [-0.39, 0.29) is 17.9 Å². The lowest BCUT2D eigenvalue weighted by molar-refractivity contribution is -0.274. The summed E-state index contributed by atoms with van der Waals surface area (Å²) < 4.78 is 53.2. The van der Waals surface area contributed by atoms with E-state index in [2.05, 4.69) is 15.0 Å². The Morgan fingerprint density at radius 3 is 2.58 bits per heavy atom. The molecule has 1 unspecified atom stereocenters. The van der Waals surface area contributed by atoms with Gasteiger partial charge in [0.15, 0.2) is 0 Å². The van der Waals surface area contributed by atoms with Crippen molar-refractivity contribution >= 4 is 6.09 Å². The molecule has 0 aliphatic carbocycles. The maximum atomic E-state index is 12.6. The van der Waals surface area contributed by atoms with Gasteiger partial charge >= 0.3 is 12.5 Å². The van der Waals surface area contributed by atoms with Gasteiger partial charge in [-0.15, -0.1) is 13.2 Å². The van der Waals surface area contributed by atoms with Gasteiger partial charge in [0.2, 0.25) is 0 Å². The second kappa shape index (κ2) is 8.78. The second-order valence-electron chi connectivity index (χ2n) is 8.74. The third-order valence-electron chi connectivity index (χ3n) is 6.60.